The number of fused-ring (bicyclic) bond motifs is 1. The fourth-order valence-electron chi connectivity index (χ4n) is 3.73. The highest BCUT2D eigenvalue weighted by atomic mass is 32.2. The lowest BCUT2D eigenvalue weighted by atomic mass is 9.75. The van der Waals surface area contributed by atoms with Gasteiger partial charge in [0.2, 0.25) is 0 Å². The third-order valence-corrected chi connectivity index (χ3v) is 7.38. The standard InChI is InChI=1S/C22H29NO2S/c1-22(2)14-26(6)19-12-9-16(23(3)4)13-18(19)20(21(22)24)15-7-10-17(25-5)11-8-15/h7-13,20-21,24H,6,14H2,1-5H3. The van der Waals surface area contributed by atoms with Crippen molar-refractivity contribution in [3.05, 3.63) is 53.6 Å². The van der Waals surface area contributed by atoms with Crippen molar-refractivity contribution in [2.45, 2.75) is 30.8 Å². The fourth-order valence-corrected chi connectivity index (χ4v) is 5.73. The molecule has 26 heavy (non-hydrogen) atoms. The van der Waals surface area contributed by atoms with E-state index in [0.29, 0.717) is 0 Å². The number of methoxy groups -OCH3 is 1. The lowest BCUT2D eigenvalue weighted by Gasteiger charge is -2.34. The summed E-state index contributed by atoms with van der Waals surface area (Å²) in [7, 11) is 5.62. The van der Waals surface area contributed by atoms with Gasteiger partial charge in [-0.05, 0) is 47.2 Å². The molecule has 0 aliphatic carbocycles. The first-order valence-electron chi connectivity index (χ1n) is 8.88. The van der Waals surface area contributed by atoms with Crippen LogP contribution in [0.25, 0.3) is 0 Å². The number of hydrogen-bond acceptors (Lipinski definition) is 3. The number of aliphatic hydroxyl groups excluding tert-OH is 1. The molecule has 4 heteroatoms. The number of benzene rings is 2. The first kappa shape index (κ1) is 19.0. The topological polar surface area (TPSA) is 32.7 Å². The van der Waals surface area contributed by atoms with Gasteiger partial charge in [0, 0.05) is 36.0 Å². The first-order valence-corrected chi connectivity index (χ1v) is 10.4. The van der Waals surface area contributed by atoms with Crippen LogP contribution < -0.4 is 9.64 Å². The van der Waals surface area contributed by atoms with Crippen LogP contribution in [0.15, 0.2) is 47.4 Å². The second-order valence-corrected chi connectivity index (χ2v) is 9.65. The van der Waals surface area contributed by atoms with E-state index in [1.807, 2.05) is 26.2 Å². The van der Waals surface area contributed by atoms with Gasteiger partial charge in [-0.2, -0.15) is 10.5 Å². The van der Waals surface area contributed by atoms with Crippen LogP contribution in [0, 0.1) is 5.41 Å². The highest BCUT2D eigenvalue weighted by Crippen LogP contribution is 2.49. The molecule has 0 amide bonds. The molecule has 0 fully saturated rings. The van der Waals surface area contributed by atoms with Gasteiger partial charge in [0.15, 0.2) is 0 Å². The summed E-state index contributed by atoms with van der Waals surface area (Å²) in [6.45, 7) is 4.30. The fraction of sp³-hybridized carbons (Fsp3) is 0.409. The number of hydrogen-bond donors (Lipinski definition) is 1. The molecule has 3 rings (SSSR count). The Bertz CT molecular complexity index is 811. The van der Waals surface area contributed by atoms with E-state index in [0.717, 1.165) is 22.8 Å². The van der Waals surface area contributed by atoms with Crippen molar-refractivity contribution in [3.8, 4) is 5.75 Å². The summed E-state index contributed by atoms with van der Waals surface area (Å²) in [4.78, 5) is 3.37. The summed E-state index contributed by atoms with van der Waals surface area (Å²) in [6.07, 6.45) is -0.480. The average molecular weight is 372 g/mol. The maximum atomic E-state index is 11.4. The summed E-state index contributed by atoms with van der Waals surface area (Å²) >= 11 is 0. The molecule has 0 saturated heterocycles. The normalized spacial score (nSPS) is 24.5. The molecule has 0 bridgehead atoms. The lowest BCUT2D eigenvalue weighted by molar-refractivity contribution is 0.0528. The van der Waals surface area contributed by atoms with Gasteiger partial charge in [-0.3, -0.25) is 0 Å². The van der Waals surface area contributed by atoms with E-state index in [2.05, 4.69) is 54.9 Å². The minimum atomic E-state index is -0.480. The van der Waals surface area contributed by atoms with Crippen LogP contribution in [-0.4, -0.2) is 44.0 Å². The van der Waals surface area contributed by atoms with Crippen molar-refractivity contribution >= 4 is 22.0 Å². The molecule has 0 saturated carbocycles. The minimum Gasteiger partial charge on any atom is -0.497 e. The van der Waals surface area contributed by atoms with Crippen LogP contribution in [-0.2, 0) is 0 Å². The van der Waals surface area contributed by atoms with Crippen LogP contribution in [0.3, 0.4) is 0 Å². The van der Waals surface area contributed by atoms with Gasteiger partial charge in [-0.1, -0.05) is 31.9 Å². The van der Waals surface area contributed by atoms with E-state index < -0.39 is 6.10 Å². The number of nitrogens with zero attached hydrogens (tertiary/aromatic N) is 1. The third-order valence-electron chi connectivity index (χ3n) is 5.29. The Hall–Kier alpha value is -1.78. The molecule has 0 spiro atoms. The van der Waals surface area contributed by atoms with Gasteiger partial charge in [0.05, 0.1) is 13.2 Å². The molecule has 3 unspecified atom stereocenters. The Labute approximate surface area is 159 Å². The molecule has 140 valence electrons. The molecule has 1 aliphatic rings. The maximum absolute atomic E-state index is 11.4. The van der Waals surface area contributed by atoms with E-state index in [4.69, 9.17) is 4.74 Å². The number of ether oxygens (including phenoxy) is 1. The Morgan fingerprint density at radius 2 is 1.81 bits per heavy atom. The van der Waals surface area contributed by atoms with Crippen LogP contribution in [0.2, 0.25) is 0 Å². The van der Waals surface area contributed by atoms with Crippen molar-refractivity contribution in [2.75, 3.05) is 31.9 Å². The summed E-state index contributed by atoms with van der Waals surface area (Å²) < 4.78 is 5.31. The molecular weight excluding hydrogens is 342 g/mol. The van der Waals surface area contributed by atoms with Gasteiger partial charge >= 0.3 is 0 Å². The highest BCUT2D eigenvalue weighted by molar-refractivity contribution is 8.14. The molecule has 0 aromatic heterocycles. The zero-order valence-electron chi connectivity index (χ0n) is 16.3. The molecule has 3 atom stereocenters. The summed E-state index contributed by atoms with van der Waals surface area (Å²) in [5, 5.41) is 11.4. The summed E-state index contributed by atoms with van der Waals surface area (Å²) in [6, 6.07) is 14.7. The molecule has 3 nitrogen and oxygen atoms in total. The predicted molar refractivity (Wildman–Crippen MR) is 113 cm³/mol. The molecule has 0 radical (unpaired) electrons. The molecule has 2 aromatic carbocycles. The van der Waals surface area contributed by atoms with Crippen LogP contribution in [0.4, 0.5) is 5.69 Å². The zero-order chi connectivity index (χ0) is 19.1. The quantitative estimate of drug-likeness (QED) is 0.814. The Balaban J connectivity index is 2.22. The predicted octanol–water partition coefficient (Wildman–Crippen LogP) is 4.35. The van der Waals surface area contributed by atoms with E-state index in [-0.39, 0.29) is 21.8 Å². The number of anilines is 1. The summed E-state index contributed by atoms with van der Waals surface area (Å²) in [5.74, 6) is 6.08. The zero-order valence-corrected chi connectivity index (χ0v) is 17.1. The minimum absolute atomic E-state index is 0.0787. The van der Waals surface area contributed by atoms with Crippen molar-refractivity contribution in [1.29, 1.82) is 0 Å². The van der Waals surface area contributed by atoms with Crippen LogP contribution in [0.5, 0.6) is 5.75 Å². The van der Waals surface area contributed by atoms with Gasteiger partial charge in [-0.15, -0.1) is 0 Å². The van der Waals surface area contributed by atoms with Crippen molar-refractivity contribution in [2.24, 2.45) is 5.41 Å². The van der Waals surface area contributed by atoms with E-state index in [1.54, 1.807) is 7.11 Å². The van der Waals surface area contributed by atoms with Gasteiger partial charge < -0.3 is 14.7 Å². The Morgan fingerprint density at radius 3 is 2.38 bits per heavy atom. The molecular formula is C22H29NO2S. The first-order chi connectivity index (χ1) is 12.2. The van der Waals surface area contributed by atoms with Crippen molar-refractivity contribution < 1.29 is 9.84 Å². The van der Waals surface area contributed by atoms with E-state index in [9.17, 15) is 5.11 Å². The average Bonchev–Trinajstić information content (AvgIpc) is 2.68. The second kappa shape index (κ2) is 7.09. The van der Waals surface area contributed by atoms with Crippen molar-refractivity contribution in [1.82, 2.24) is 0 Å². The maximum Gasteiger partial charge on any atom is 0.118 e. The van der Waals surface area contributed by atoms with Gasteiger partial charge in [0.1, 0.15) is 5.75 Å². The monoisotopic (exact) mass is 371 g/mol. The van der Waals surface area contributed by atoms with Gasteiger partial charge in [0.25, 0.3) is 0 Å². The Kier molecular flexibility index (Phi) is 5.18. The Morgan fingerprint density at radius 1 is 1.15 bits per heavy atom. The molecule has 2 aromatic rings. The van der Waals surface area contributed by atoms with Crippen LogP contribution >= 0.6 is 10.5 Å². The second-order valence-electron chi connectivity index (χ2n) is 7.94. The lowest BCUT2D eigenvalue weighted by Crippen LogP contribution is -2.36. The molecule has 1 N–H and O–H groups in total. The summed E-state index contributed by atoms with van der Waals surface area (Å²) in [5.41, 5.74) is 3.23. The van der Waals surface area contributed by atoms with Gasteiger partial charge in [-0.25, -0.2) is 0 Å². The van der Waals surface area contributed by atoms with E-state index in [1.165, 1.54) is 10.5 Å². The van der Waals surface area contributed by atoms with Crippen LogP contribution in [0.1, 0.15) is 30.9 Å². The molecule has 1 heterocycles. The molecule has 1 aliphatic heterocycles. The SMILES string of the molecule is C=S1CC(C)(C)C(O)C(c2ccc(OC)cc2)c2cc(N(C)C)ccc21. The third kappa shape index (κ3) is 3.40. The number of aliphatic hydroxyl groups is 1. The van der Waals surface area contributed by atoms with Crippen molar-refractivity contribution in [3.63, 3.8) is 0 Å². The highest BCUT2D eigenvalue weighted by Gasteiger charge is 2.40. The smallest absolute Gasteiger partial charge is 0.118 e. The largest absolute Gasteiger partial charge is 0.497 e. The van der Waals surface area contributed by atoms with E-state index >= 15 is 0 Å². The number of rotatable bonds is 3.